The zero-order valence-corrected chi connectivity index (χ0v) is 9.70. The number of aliphatic carboxylic acids is 1. The molecule has 1 aromatic heterocycles. The van der Waals surface area contributed by atoms with Crippen molar-refractivity contribution in [1.82, 2.24) is 10.2 Å². The Morgan fingerprint density at radius 1 is 1.44 bits per heavy atom. The van der Waals surface area contributed by atoms with Gasteiger partial charge in [0.1, 0.15) is 0 Å². The summed E-state index contributed by atoms with van der Waals surface area (Å²) in [4.78, 5) is 10.3. The molecule has 2 rings (SSSR count). The number of carboxylic acid groups (broad SMARTS) is 1. The van der Waals surface area contributed by atoms with Crippen LogP contribution in [0.1, 0.15) is 43.4 Å². The third-order valence-corrected chi connectivity index (χ3v) is 3.54. The van der Waals surface area contributed by atoms with Gasteiger partial charge in [-0.05, 0) is 12.8 Å². The first-order valence-corrected chi connectivity index (χ1v) is 6.53. The number of hydrogen-bond acceptors (Lipinski definition) is 5. The van der Waals surface area contributed by atoms with Crippen LogP contribution in [-0.2, 0) is 10.5 Å². The number of aromatic nitrogens is 2. The Hall–Kier alpha value is -1.04. The largest absolute Gasteiger partial charge is 0.481 e. The van der Waals surface area contributed by atoms with Crippen LogP contribution < -0.4 is 0 Å². The molecule has 5 nitrogen and oxygen atoms in total. The van der Waals surface area contributed by atoms with Gasteiger partial charge in [-0.15, -0.1) is 22.0 Å². The van der Waals surface area contributed by atoms with Gasteiger partial charge in [-0.2, -0.15) is 0 Å². The average molecular weight is 242 g/mol. The molecule has 0 atom stereocenters. The fraction of sp³-hybridized carbons (Fsp3) is 0.700. The van der Waals surface area contributed by atoms with E-state index in [2.05, 4.69) is 10.2 Å². The molecule has 0 aliphatic heterocycles. The quantitative estimate of drug-likeness (QED) is 0.851. The average Bonchev–Trinajstić information content (AvgIpc) is 2.85. The standard InChI is InChI=1S/C10H14N2O3S/c13-9(14)6-16-5-8-11-12-10(15-8)7-3-1-2-4-7/h7H,1-6H2,(H,13,14). The summed E-state index contributed by atoms with van der Waals surface area (Å²) in [6.07, 6.45) is 4.72. The number of nitrogens with zero attached hydrogens (tertiary/aromatic N) is 2. The lowest BCUT2D eigenvalue weighted by molar-refractivity contribution is -0.133. The van der Waals surface area contributed by atoms with Gasteiger partial charge in [0.25, 0.3) is 0 Å². The van der Waals surface area contributed by atoms with Crippen molar-refractivity contribution in [2.24, 2.45) is 0 Å². The Kier molecular flexibility index (Phi) is 3.82. The van der Waals surface area contributed by atoms with E-state index in [4.69, 9.17) is 9.52 Å². The molecule has 1 aliphatic carbocycles. The van der Waals surface area contributed by atoms with E-state index in [1.807, 2.05) is 0 Å². The van der Waals surface area contributed by atoms with Crippen LogP contribution in [0.2, 0.25) is 0 Å². The maximum atomic E-state index is 10.3. The van der Waals surface area contributed by atoms with Gasteiger partial charge in [0.2, 0.25) is 11.8 Å². The van der Waals surface area contributed by atoms with Gasteiger partial charge < -0.3 is 9.52 Å². The van der Waals surface area contributed by atoms with Crippen LogP contribution in [0.4, 0.5) is 0 Å². The van der Waals surface area contributed by atoms with Crippen molar-refractivity contribution in [3.63, 3.8) is 0 Å². The number of thioether (sulfide) groups is 1. The Morgan fingerprint density at radius 2 is 2.19 bits per heavy atom. The van der Waals surface area contributed by atoms with E-state index in [-0.39, 0.29) is 5.75 Å². The molecule has 0 bridgehead atoms. The molecule has 0 saturated heterocycles. The van der Waals surface area contributed by atoms with Crippen molar-refractivity contribution in [2.75, 3.05) is 5.75 Å². The third kappa shape index (κ3) is 2.98. The van der Waals surface area contributed by atoms with E-state index in [1.165, 1.54) is 24.6 Å². The number of carbonyl (C=O) groups is 1. The maximum Gasteiger partial charge on any atom is 0.313 e. The van der Waals surface area contributed by atoms with Crippen LogP contribution in [-0.4, -0.2) is 27.0 Å². The van der Waals surface area contributed by atoms with E-state index >= 15 is 0 Å². The monoisotopic (exact) mass is 242 g/mol. The Labute approximate surface area is 97.6 Å². The molecule has 6 heteroatoms. The Balaban J connectivity index is 1.84. The first-order chi connectivity index (χ1) is 7.75. The van der Waals surface area contributed by atoms with E-state index in [0.717, 1.165) is 18.7 Å². The van der Waals surface area contributed by atoms with Crippen LogP contribution in [0.15, 0.2) is 4.42 Å². The molecule has 0 unspecified atom stereocenters. The van der Waals surface area contributed by atoms with Gasteiger partial charge in [0.15, 0.2) is 0 Å². The molecule has 1 saturated carbocycles. The lowest BCUT2D eigenvalue weighted by Crippen LogP contribution is -1.98. The first kappa shape index (κ1) is 11.4. The fourth-order valence-electron chi connectivity index (χ4n) is 1.89. The normalized spacial score (nSPS) is 16.8. The van der Waals surface area contributed by atoms with Gasteiger partial charge in [-0.3, -0.25) is 4.79 Å². The second-order valence-corrected chi connectivity index (χ2v) is 4.89. The van der Waals surface area contributed by atoms with Gasteiger partial charge in [-0.25, -0.2) is 0 Å². The van der Waals surface area contributed by atoms with Crippen molar-refractivity contribution in [3.05, 3.63) is 11.8 Å². The summed E-state index contributed by atoms with van der Waals surface area (Å²) < 4.78 is 5.51. The predicted molar refractivity (Wildman–Crippen MR) is 59.3 cm³/mol. The van der Waals surface area contributed by atoms with E-state index in [0.29, 0.717) is 17.6 Å². The third-order valence-electron chi connectivity index (χ3n) is 2.64. The molecule has 0 aromatic carbocycles. The Bertz CT molecular complexity index is 361. The molecule has 0 amide bonds. The maximum absolute atomic E-state index is 10.3. The van der Waals surface area contributed by atoms with Gasteiger partial charge >= 0.3 is 5.97 Å². The molecule has 1 aliphatic rings. The highest BCUT2D eigenvalue weighted by Crippen LogP contribution is 2.33. The summed E-state index contributed by atoms with van der Waals surface area (Å²) in [6.45, 7) is 0. The van der Waals surface area contributed by atoms with Crippen LogP contribution in [0, 0.1) is 0 Å². The highest BCUT2D eigenvalue weighted by Gasteiger charge is 2.22. The van der Waals surface area contributed by atoms with Crippen LogP contribution >= 0.6 is 11.8 Å². The van der Waals surface area contributed by atoms with Crippen molar-refractivity contribution in [3.8, 4) is 0 Å². The number of carboxylic acids is 1. The summed E-state index contributed by atoms with van der Waals surface area (Å²) in [7, 11) is 0. The van der Waals surface area contributed by atoms with Crippen molar-refractivity contribution < 1.29 is 14.3 Å². The van der Waals surface area contributed by atoms with Crippen LogP contribution in [0.25, 0.3) is 0 Å². The molecule has 1 N–H and O–H groups in total. The minimum absolute atomic E-state index is 0.0706. The Morgan fingerprint density at radius 3 is 2.88 bits per heavy atom. The van der Waals surface area contributed by atoms with E-state index < -0.39 is 5.97 Å². The summed E-state index contributed by atoms with van der Waals surface area (Å²) in [5, 5.41) is 16.4. The van der Waals surface area contributed by atoms with E-state index in [1.54, 1.807) is 0 Å². The minimum atomic E-state index is -0.819. The summed E-state index contributed by atoms with van der Waals surface area (Å²) in [5.74, 6) is 1.41. The highest BCUT2D eigenvalue weighted by molar-refractivity contribution is 7.99. The lowest BCUT2D eigenvalue weighted by atomic mass is 10.1. The SMILES string of the molecule is O=C(O)CSCc1nnc(C2CCCC2)o1. The van der Waals surface area contributed by atoms with Gasteiger partial charge in [-0.1, -0.05) is 12.8 Å². The zero-order valence-electron chi connectivity index (χ0n) is 8.89. The molecule has 0 spiro atoms. The molecule has 1 heterocycles. The molecule has 0 radical (unpaired) electrons. The fourth-order valence-corrected chi connectivity index (χ4v) is 2.46. The molecule has 88 valence electrons. The summed E-state index contributed by atoms with van der Waals surface area (Å²) in [5.41, 5.74) is 0. The van der Waals surface area contributed by atoms with Gasteiger partial charge in [0.05, 0.1) is 11.5 Å². The molecular formula is C10H14N2O3S. The molecule has 16 heavy (non-hydrogen) atoms. The van der Waals surface area contributed by atoms with E-state index in [9.17, 15) is 4.79 Å². The zero-order chi connectivity index (χ0) is 11.4. The van der Waals surface area contributed by atoms with Crippen LogP contribution in [0.3, 0.4) is 0 Å². The van der Waals surface area contributed by atoms with Crippen molar-refractivity contribution >= 4 is 17.7 Å². The molecular weight excluding hydrogens is 228 g/mol. The van der Waals surface area contributed by atoms with Crippen LogP contribution in [0.5, 0.6) is 0 Å². The molecule has 1 aromatic rings. The summed E-state index contributed by atoms with van der Waals surface area (Å²) in [6, 6.07) is 0. The smallest absolute Gasteiger partial charge is 0.313 e. The highest BCUT2D eigenvalue weighted by atomic mass is 32.2. The number of hydrogen-bond donors (Lipinski definition) is 1. The lowest BCUT2D eigenvalue weighted by Gasteiger charge is -2.00. The first-order valence-electron chi connectivity index (χ1n) is 5.37. The molecule has 1 fully saturated rings. The summed E-state index contributed by atoms with van der Waals surface area (Å²) >= 11 is 1.27. The number of rotatable bonds is 5. The second-order valence-electron chi connectivity index (χ2n) is 3.90. The van der Waals surface area contributed by atoms with Gasteiger partial charge in [0, 0.05) is 5.92 Å². The van der Waals surface area contributed by atoms with Crippen molar-refractivity contribution in [2.45, 2.75) is 37.4 Å². The predicted octanol–water partition coefficient (Wildman–Crippen LogP) is 2.04. The second kappa shape index (κ2) is 5.34. The van der Waals surface area contributed by atoms with Crippen molar-refractivity contribution in [1.29, 1.82) is 0 Å². The minimum Gasteiger partial charge on any atom is -0.481 e. The topological polar surface area (TPSA) is 76.2 Å².